The summed E-state index contributed by atoms with van der Waals surface area (Å²) in [6.45, 7) is 1.89. The number of hydrogen-bond acceptors (Lipinski definition) is 5. The number of likely N-dealkylation sites (N-methyl/N-ethyl adjacent to an activating group) is 1. The molecule has 0 aromatic heterocycles. The molecule has 2 amide bonds. The Kier molecular flexibility index (Phi) is 10.0. The van der Waals surface area contributed by atoms with E-state index in [2.05, 4.69) is 5.32 Å². The molecule has 8 nitrogen and oxygen atoms in total. The average molecular weight is 530 g/mol. The van der Waals surface area contributed by atoms with E-state index < -0.39 is 16.1 Å². The Balaban J connectivity index is 2.15. The van der Waals surface area contributed by atoms with E-state index in [0.717, 1.165) is 11.8 Å². The first-order valence-corrected chi connectivity index (χ1v) is 13.1. The summed E-state index contributed by atoms with van der Waals surface area (Å²) in [7, 11) is -0.545. The van der Waals surface area contributed by atoms with Gasteiger partial charge in [-0.2, -0.15) is 0 Å². The van der Waals surface area contributed by atoms with E-state index in [1.54, 1.807) is 49.4 Å². The fraction of sp³-hybridized carbons (Fsp3) is 0.391. The lowest BCUT2D eigenvalue weighted by Gasteiger charge is -2.29. The maximum absolute atomic E-state index is 13.1. The van der Waals surface area contributed by atoms with Gasteiger partial charge in [-0.25, -0.2) is 8.42 Å². The molecule has 0 aliphatic rings. The van der Waals surface area contributed by atoms with Gasteiger partial charge < -0.3 is 15.0 Å². The number of hydrogen-bond donors (Lipinski definition) is 1. The minimum Gasteiger partial charge on any atom is -0.497 e. The molecule has 0 fully saturated rings. The average Bonchev–Trinajstić information content (AvgIpc) is 2.80. The van der Waals surface area contributed by atoms with Gasteiger partial charge in [-0.3, -0.25) is 13.9 Å². The largest absolute Gasteiger partial charge is 0.497 e. The molecule has 2 rings (SSSR count). The van der Waals surface area contributed by atoms with Gasteiger partial charge >= 0.3 is 0 Å². The third kappa shape index (κ3) is 7.51. The van der Waals surface area contributed by atoms with Crippen molar-refractivity contribution in [3.05, 3.63) is 58.1 Å². The molecule has 11 heteroatoms. The van der Waals surface area contributed by atoms with Crippen LogP contribution in [-0.4, -0.2) is 58.1 Å². The van der Waals surface area contributed by atoms with Crippen molar-refractivity contribution in [3.8, 4) is 5.75 Å². The number of halogens is 2. The van der Waals surface area contributed by atoms with Crippen molar-refractivity contribution in [2.75, 3.05) is 31.3 Å². The van der Waals surface area contributed by atoms with Crippen LogP contribution >= 0.6 is 23.2 Å². The summed E-state index contributed by atoms with van der Waals surface area (Å²) in [5.41, 5.74) is 1.19. The predicted molar refractivity (Wildman–Crippen MR) is 135 cm³/mol. The molecule has 0 aliphatic heterocycles. The van der Waals surface area contributed by atoms with Gasteiger partial charge in [0.15, 0.2) is 0 Å². The normalized spacial score (nSPS) is 12.1. The lowest BCUT2D eigenvalue weighted by molar-refractivity contribution is -0.140. The Bertz CT molecular complexity index is 1110. The SMILES string of the molecule is CNC(=O)[C@@H](C)N(Cc1ccc(Cl)c(Cl)c1)C(=O)CCCN(c1ccc(OC)cc1)S(C)(=O)=O. The molecule has 0 saturated heterocycles. The summed E-state index contributed by atoms with van der Waals surface area (Å²) in [5.74, 6) is 0.00303. The molecule has 0 heterocycles. The van der Waals surface area contributed by atoms with Gasteiger partial charge in [-0.1, -0.05) is 29.3 Å². The Morgan fingerprint density at radius 3 is 2.26 bits per heavy atom. The van der Waals surface area contributed by atoms with Crippen molar-refractivity contribution >= 4 is 50.7 Å². The Hall–Kier alpha value is -2.49. The number of ether oxygens (including phenoxy) is 1. The highest BCUT2D eigenvalue weighted by atomic mass is 35.5. The van der Waals surface area contributed by atoms with Gasteiger partial charge in [-0.05, 0) is 55.3 Å². The quantitative estimate of drug-likeness (QED) is 0.478. The Morgan fingerprint density at radius 1 is 1.09 bits per heavy atom. The van der Waals surface area contributed by atoms with Crippen LogP contribution < -0.4 is 14.4 Å². The van der Waals surface area contributed by atoms with E-state index in [4.69, 9.17) is 27.9 Å². The van der Waals surface area contributed by atoms with Crippen molar-refractivity contribution in [3.63, 3.8) is 0 Å². The number of carbonyl (C=O) groups is 2. The summed E-state index contributed by atoms with van der Waals surface area (Å²) in [4.78, 5) is 26.8. The zero-order chi connectivity index (χ0) is 25.5. The highest BCUT2D eigenvalue weighted by Gasteiger charge is 2.26. The van der Waals surface area contributed by atoms with Gasteiger partial charge in [-0.15, -0.1) is 0 Å². The van der Waals surface area contributed by atoms with E-state index in [-0.39, 0.29) is 37.7 Å². The first-order chi connectivity index (χ1) is 16.0. The molecular weight excluding hydrogens is 501 g/mol. The standard InChI is InChI=1S/C23H29Cl2N3O5S/c1-16(23(30)26-2)27(15-17-7-12-20(24)21(25)14-17)22(29)6-5-13-28(34(4,31)32)18-8-10-19(33-3)11-9-18/h7-12,14,16H,5-6,13,15H2,1-4H3,(H,26,30)/t16-/m1/s1. The molecule has 0 bridgehead atoms. The lowest BCUT2D eigenvalue weighted by atomic mass is 10.1. The number of nitrogens with one attached hydrogen (secondary N) is 1. The molecule has 0 unspecified atom stereocenters. The number of nitrogens with zero attached hydrogens (tertiary/aromatic N) is 2. The molecular formula is C23H29Cl2N3O5S. The topological polar surface area (TPSA) is 96.0 Å². The molecule has 2 aromatic carbocycles. The van der Waals surface area contributed by atoms with Crippen LogP contribution in [0.25, 0.3) is 0 Å². The van der Waals surface area contributed by atoms with Crippen LogP contribution in [0.5, 0.6) is 5.75 Å². The molecule has 0 spiro atoms. The van der Waals surface area contributed by atoms with E-state index in [1.807, 2.05) is 0 Å². The summed E-state index contributed by atoms with van der Waals surface area (Å²) in [6.07, 6.45) is 1.42. The van der Waals surface area contributed by atoms with Gasteiger partial charge in [0.1, 0.15) is 11.8 Å². The number of methoxy groups -OCH3 is 1. The number of sulfonamides is 1. The fourth-order valence-corrected chi connectivity index (χ4v) is 4.66. The van der Waals surface area contributed by atoms with E-state index in [9.17, 15) is 18.0 Å². The highest BCUT2D eigenvalue weighted by molar-refractivity contribution is 7.92. The Labute approximate surface area is 210 Å². The predicted octanol–water partition coefficient (Wildman–Crippen LogP) is 3.71. The van der Waals surface area contributed by atoms with Gasteiger partial charge in [0.2, 0.25) is 21.8 Å². The maximum atomic E-state index is 13.1. The number of benzene rings is 2. The first-order valence-electron chi connectivity index (χ1n) is 10.5. The summed E-state index contributed by atoms with van der Waals surface area (Å²) >= 11 is 12.1. The summed E-state index contributed by atoms with van der Waals surface area (Å²) in [5, 5.41) is 3.29. The lowest BCUT2D eigenvalue weighted by Crippen LogP contribution is -2.46. The van der Waals surface area contributed by atoms with Crippen molar-refractivity contribution in [1.29, 1.82) is 0 Å². The first kappa shape index (κ1) is 27.8. The number of amides is 2. The fourth-order valence-electron chi connectivity index (χ4n) is 3.38. The molecule has 1 atom stereocenters. The van der Waals surface area contributed by atoms with Crippen molar-refractivity contribution in [2.24, 2.45) is 0 Å². The van der Waals surface area contributed by atoms with Crippen LogP contribution in [0.2, 0.25) is 10.0 Å². The van der Waals surface area contributed by atoms with E-state index >= 15 is 0 Å². The minimum atomic E-state index is -3.57. The van der Waals surface area contributed by atoms with Crippen molar-refractivity contribution in [1.82, 2.24) is 10.2 Å². The summed E-state index contributed by atoms with van der Waals surface area (Å²) in [6, 6.07) is 10.9. The number of anilines is 1. The van der Waals surface area contributed by atoms with Gasteiger partial charge in [0.05, 0.1) is 29.1 Å². The molecule has 186 valence electrons. The van der Waals surface area contributed by atoms with Gasteiger partial charge in [0, 0.05) is 26.6 Å². The molecule has 0 saturated carbocycles. The number of carbonyl (C=O) groups excluding carboxylic acids is 2. The highest BCUT2D eigenvalue weighted by Crippen LogP contribution is 2.25. The molecule has 2 aromatic rings. The second kappa shape index (κ2) is 12.3. The molecule has 34 heavy (non-hydrogen) atoms. The maximum Gasteiger partial charge on any atom is 0.242 e. The van der Waals surface area contributed by atoms with Crippen LogP contribution in [0, 0.1) is 0 Å². The zero-order valence-electron chi connectivity index (χ0n) is 19.5. The van der Waals surface area contributed by atoms with Crippen LogP contribution in [0.15, 0.2) is 42.5 Å². The third-order valence-electron chi connectivity index (χ3n) is 5.26. The monoisotopic (exact) mass is 529 g/mol. The second-order valence-electron chi connectivity index (χ2n) is 7.70. The molecule has 0 aliphatic carbocycles. The number of rotatable bonds is 11. The zero-order valence-corrected chi connectivity index (χ0v) is 21.9. The van der Waals surface area contributed by atoms with Gasteiger partial charge in [0.25, 0.3) is 0 Å². The van der Waals surface area contributed by atoms with Crippen LogP contribution in [0.4, 0.5) is 5.69 Å². The molecule has 0 radical (unpaired) electrons. The smallest absolute Gasteiger partial charge is 0.242 e. The molecule has 1 N–H and O–H groups in total. The van der Waals surface area contributed by atoms with Crippen LogP contribution in [-0.2, 0) is 26.2 Å². The van der Waals surface area contributed by atoms with Crippen molar-refractivity contribution in [2.45, 2.75) is 32.4 Å². The summed E-state index contributed by atoms with van der Waals surface area (Å²) < 4.78 is 31.1. The van der Waals surface area contributed by atoms with Crippen LogP contribution in [0.3, 0.4) is 0 Å². The van der Waals surface area contributed by atoms with Crippen LogP contribution in [0.1, 0.15) is 25.3 Å². The second-order valence-corrected chi connectivity index (χ2v) is 10.4. The van der Waals surface area contributed by atoms with E-state index in [0.29, 0.717) is 21.5 Å². The van der Waals surface area contributed by atoms with E-state index in [1.165, 1.54) is 23.4 Å². The van der Waals surface area contributed by atoms with Crippen molar-refractivity contribution < 1.29 is 22.7 Å². The third-order valence-corrected chi connectivity index (χ3v) is 7.20. The minimum absolute atomic E-state index is 0.0465. The Morgan fingerprint density at radius 2 is 1.74 bits per heavy atom.